The highest BCUT2D eigenvalue weighted by molar-refractivity contribution is 4.86. The van der Waals surface area contributed by atoms with Gasteiger partial charge in [-0.15, -0.1) is 0 Å². The summed E-state index contributed by atoms with van der Waals surface area (Å²) in [4.78, 5) is 0. The number of rotatable bonds is 24. The number of unbranched alkanes of at least 4 members (excludes halogenated alkanes) is 14. The molecular formula is C30H60. The van der Waals surface area contributed by atoms with Crippen LogP contribution in [0.1, 0.15) is 169 Å². The van der Waals surface area contributed by atoms with E-state index in [1.54, 1.807) is 0 Å². The molecule has 0 aromatic rings. The molecule has 0 heterocycles. The summed E-state index contributed by atoms with van der Waals surface area (Å²) in [7, 11) is 0. The van der Waals surface area contributed by atoms with Gasteiger partial charge in [-0.05, 0) is 31.1 Å². The molecule has 0 heteroatoms. The second-order valence-corrected chi connectivity index (χ2v) is 9.95. The fourth-order valence-corrected chi connectivity index (χ4v) is 4.78. The van der Waals surface area contributed by atoms with Crippen LogP contribution in [0.3, 0.4) is 0 Å². The number of hydrogen-bond donors (Lipinski definition) is 0. The Morgan fingerprint density at radius 3 is 1.30 bits per heavy atom. The molecule has 0 aliphatic heterocycles. The highest BCUT2D eigenvalue weighted by Crippen LogP contribution is 2.22. The van der Waals surface area contributed by atoms with Gasteiger partial charge in [0.25, 0.3) is 0 Å². The third-order valence-electron chi connectivity index (χ3n) is 7.15. The van der Waals surface area contributed by atoms with E-state index < -0.39 is 0 Å². The molecule has 0 spiro atoms. The van der Waals surface area contributed by atoms with Gasteiger partial charge in [-0.1, -0.05) is 162 Å². The van der Waals surface area contributed by atoms with Crippen LogP contribution in [0.2, 0.25) is 0 Å². The standard InChI is InChI=1S/C30H60/c1-5-9-11-12-13-16-19-23-27-30(8-4)28-24-21-18-15-14-17-20-22-26-29(7-3)25-10-6-2/h10,25,29-30H,5-9,11-24,26-28H2,1-4H3/b25-10+. The van der Waals surface area contributed by atoms with E-state index in [9.17, 15) is 0 Å². The summed E-state index contributed by atoms with van der Waals surface area (Å²) in [5.74, 6) is 1.85. The van der Waals surface area contributed by atoms with Crippen molar-refractivity contribution in [3.8, 4) is 0 Å². The third kappa shape index (κ3) is 21.0. The molecule has 2 unspecified atom stereocenters. The fourth-order valence-electron chi connectivity index (χ4n) is 4.78. The molecular weight excluding hydrogens is 360 g/mol. The first kappa shape index (κ1) is 29.7. The lowest BCUT2D eigenvalue weighted by atomic mass is 9.92. The predicted molar refractivity (Wildman–Crippen MR) is 140 cm³/mol. The minimum atomic E-state index is 0.835. The number of allylic oxidation sites excluding steroid dienone is 2. The maximum atomic E-state index is 2.46. The SMILES string of the molecule is CC/C=C/C(CC)CCCCCCCCCCC(CC)CCCCCCCCCC. The summed E-state index contributed by atoms with van der Waals surface area (Å²) < 4.78 is 0. The molecule has 0 saturated heterocycles. The van der Waals surface area contributed by atoms with Crippen LogP contribution in [-0.4, -0.2) is 0 Å². The van der Waals surface area contributed by atoms with Crippen molar-refractivity contribution in [3.63, 3.8) is 0 Å². The van der Waals surface area contributed by atoms with Gasteiger partial charge in [0, 0.05) is 0 Å². The van der Waals surface area contributed by atoms with Crippen LogP contribution in [0.4, 0.5) is 0 Å². The van der Waals surface area contributed by atoms with Crippen molar-refractivity contribution in [3.05, 3.63) is 12.2 Å². The smallest absolute Gasteiger partial charge is 0.0236 e. The highest BCUT2D eigenvalue weighted by Gasteiger charge is 2.06. The number of hydrogen-bond acceptors (Lipinski definition) is 0. The lowest BCUT2D eigenvalue weighted by Gasteiger charge is -2.14. The van der Waals surface area contributed by atoms with E-state index in [2.05, 4.69) is 39.8 Å². The van der Waals surface area contributed by atoms with E-state index in [1.165, 1.54) is 141 Å². The predicted octanol–water partition coefficient (Wildman–Crippen LogP) is 11.4. The Morgan fingerprint density at radius 2 is 0.900 bits per heavy atom. The largest absolute Gasteiger partial charge is 0.0885 e. The summed E-state index contributed by atoms with van der Waals surface area (Å²) in [5.41, 5.74) is 0. The molecule has 30 heavy (non-hydrogen) atoms. The van der Waals surface area contributed by atoms with Gasteiger partial charge in [0.2, 0.25) is 0 Å². The van der Waals surface area contributed by atoms with Crippen molar-refractivity contribution in [1.82, 2.24) is 0 Å². The van der Waals surface area contributed by atoms with Crippen LogP contribution < -0.4 is 0 Å². The Balaban J connectivity index is 3.41. The molecule has 0 aromatic heterocycles. The summed E-state index contributed by atoms with van der Waals surface area (Å²) in [5, 5.41) is 0. The van der Waals surface area contributed by atoms with Gasteiger partial charge in [0.05, 0.1) is 0 Å². The fraction of sp³-hybridized carbons (Fsp3) is 0.933. The molecule has 0 amide bonds. The van der Waals surface area contributed by atoms with Gasteiger partial charge < -0.3 is 0 Å². The van der Waals surface area contributed by atoms with Crippen molar-refractivity contribution in [2.24, 2.45) is 11.8 Å². The van der Waals surface area contributed by atoms with Gasteiger partial charge >= 0.3 is 0 Å². The summed E-state index contributed by atoms with van der Waals surface area (Å²) in [6, 6.07) is 0. The average molecular weight is 421 g/mol. The van der Waals surface area contributed by atoms with Crippen LogP contribution in [0.15, 0.2) is 12.2 Å². The Kier molecular flexibility index (Phi) is 24.8. The van der Waals surface area contributed by atoms with E-state index in [1.807, 2.05) is 0 Å². The first-order valence-electron chi connectivity index (χ1n) is 14.4. The van der Waals surface area contributed by atoms with Crippen LogP contribution in [0, 0.1) is 11.8 Å². The van der Waals surface area contributed by atoms with Gasteiger partial charge in [-0.2, -0.15) is 0 Å². The van der Waals surface area contributed by atoms with Crippen LogP contribution in [0.5, 0.6) is 0 Å². The molecule has 0 rings (SSSR count). The Labute approximate surface area is 193 Å². The molecule has 0 N–H and O–H groups in total. The zero-order chi connectivity index (χ0) is 22.1. The zero-order valence-corrected chi connectivity index (χ0v) is 21.9. The minimum Gasteiger partial charge on any atom is -0.0885 e. The Morgan fingerprint density at radius 1 is 0.467 bits per heavy atom. The van der Waals surface area contributed by atoms with Gasteiger partial charge in [0.15, 0.2) is 0 Å². The normalized spacial score (nSPS) is 13.9. The summed E-state index contributed by atoms with van der Waals surface area (Å²) in [6.07, 6.45) is 36.5. The van der Waals surface area contributed by atoms with Crippen molar-refractivity contribution in [2.45, 2.75) is 169 Å². The monoisotopic (exact) mass is 420 g/mol. The molecule has 0 aliphatic carbocycles. The average Bonchev–Trinajstić information content (AvgIpc) is 2.77. The lowest BCUT2D eigenvalue weighted by Crippen LogP contribution is -1.99. The quantitative estimate of drug-likeness (QED) is 0.107. The molecule has 0 saturated carbocycles. The first-order valence-corrected chi connectivity index (χ1v) is 14.4. The second-order valence-electron chi connectivity index (χ2n) is 9.95. The van der Waals surface area contributed by atoms with Crippen LogP contribution >= 0.6 is 0 Å². The minimum absolute atomic E-state index is 0.835. The van der Waals surface area contributed by atoms with E-state index in [-0.39, 0.29) is 0 Å². The van der Waals surface area contributed by atoms with Crippen molar-refractivity contribution < 1.29 is 0 Å². The molecule has 0 radical (unpaired) electrons. The lowest BCUT2D eigenvalue weighted by molar-refractivity contribution is 0.392. The second kappa shape index (κ2) is 25.0. The molecule has 180 valence electrons. The maximum Gasteiger partial charge on any atom is -0.0236 e. The van der Waals surface area contributed by atoms with Gasteiger partial charge in [0.1, 0.15) is 0 Å². The first-order chi connectivity index (χ1) is 14.8. The van der Waals surface area contributed by atoms with E-state index in [4.69, 9.17) is 0 Å². The molecule has 0 aliphatic rings. The van der Waals surface area contributed by atoms with Crippen molar-refractivity contribution in [1.29, 1.82) is 0 Å². The highest BCUT2D eigenvalue weighted by atomic mass is 14.1. The van der Waals surface area contributed by atoms with Crippen molar-refractivity contribution in [2.75, 3.05) is 0 Å². The Bertz CT molecular complexity index is 329. The molecule has 0 bridgehead atoms. The van der Waals surface area contributed by atoms with E-state index in [0.717, 1.165) is 11.8 Å². The topological polar surface area (TPSA) is 0 Å². The summed E-state index contributed by atoms with van der Waals surface area (Å²) in [6.45, 7) is 9.30. The van der Waals surface area contributed by atoms with Crippen LogP contribution in [-0.2, 0) is 0 Å². The molecule has 0 aromatic carbocycles. The maximum absolute atomic E-state index is 2.46. The van der Waals surface area contributed by atoms with E-state index in [0.29, 0.717) is 0 Å². The summed E-state index contributed by atoms with van der Waals surface area (Å²) >= 11 is 0. The van der Waals surface area contributed by atoms with Gasteiger partial charge in [-0.3, -0.25) is 0 Å². The van der Waals surface area contributed by atoms with Crippen molar-refractivity contribution >= 4 is 0 Å². The van der Waals surface area contributed by atoms with Gasteiger partial charge in [-0.25, -0.2) is 0 Å². The molecule has 2 atom stereocenters. The zero-order valence-electron chi connectivity index (χ0n) is 21.9. The third-order valence-corrected chi connectivity index (χ3v) is 7.15. The van der Waals surface area contributed by atoms with E-state index >= 15 is 0 Å². The Hall–Kier alpha value is -0.260. The van der Waals surface area contributed by atoms with Crippen LogP contribution in [0.25, 0.3) is 0 Å². The molecule has 0 fully saturated rings. The molecule has 0 nitrogen and oxygen atoms in total.